The summed E-state index contributed by atoms with van der Waals surface area (Å²) in [5.74, 6) is 1.00. The molecule has 1 aliphatic rings. The Labute approximate surface area is 203 Å². The highest BCUT2D eigenvalue weighted by molar-refractivity contribution is 8.00. The van der Waals surface area contributed by atoms with Gasteiger partial charge >= 0.3 is 0 Å². The van der Waals surface area contributed by atoms with E-state index in [0.29, 0.717) is 12.4 Å². The van der Waals surface area contributed by atoms with E-state index in [4.69, 9.17) is 4.74 Å². The first-order chi connectivity index (χ1) is 16.8. The van der Waals surface area contributed by atoms with Crippen molar-refractivity contribution in [2.24, 2.45) is 5.10 Å². The fraction of sp³-hybridized carbons (Fsp3) is 0.103. The Morgan fingerprint density at radius 2 is 1.44 bits per heavy atom. The second-order valence-corrected chi connectivity index (χ2v) is 9.10. The van der Waals surface area contributed by atoms with Crippen LogP contribution in [0.5, 0.6) is 5.75 Å². The number of benzene rings is 4. The zero-order chi connectivity index (χ0) is 23.2. The Morgan fingerprint density at radius 1 is 0.824 bits per heavy atom. The highest BCUT2D eigenvalue weighted by atomic mass is 32.2. The van der Waals surface area contributed by atoms with Crippen LogP contribution in [-0.2, 0) is 11.4 Å². The molecule has 0 saturated heterocycles. The summed E-state index contributed by atoms with van der Waals surface area (Å²) in [5.41, 5.74) is 9.69. The van der Waals surface area contributed by atoms with Crippen molar-refractivity contribution < 1.29 is 9.53 Å². The number of carbonyl (C=O) groups is 1. The first-order valence-electron chi connectivity index (χ1n) is 11.2. The van der Waals surface area contributed by atoms with Crippen LogP contribution in [0.4, 0.5) is 0 Å². The van der Waals surface area contributed by atoms with Gasteiger partial charge < -0.3 is 4.74 Å². The van der Waals surface area contributed by atoms with Crippen LogP contribution >= 0.6 is 11.8 Å². The lowest BCUT2D eigenvalue weighted by atomic mass is 10.1. The lowest BCUT2D eigenvalue weighted by Gasteiger charge is -2.12. The third-order valence-electron chi connectivity index (χ3n) is 5.69. The summed E-state index contributed by atoms with van der Waals surface area (Å²) >= 11 is 1.63. The molecule has 5 rings (SSSR count). The number of ether oxygens (including phenoxy) is 1. The van der Waals surface area contributed by atoms with Gasteiger partial charge in [0.2, 0.25) is 5.91 Å². The van der Waals surface area contributed by atoms with Crippen molar-refractivity contribution in [3.63, 3.8) is 0 Å². The SMILES string of the molecule is O=C(CSC1c2ccccc2-c2ccccc21)N/N=C\c1ccc(OCc2ccccc2)cc1. The second kappa shape index (κ2) is 10.4. The molecule has 34 heavy (non-hydrogen) atoms. The van der Waals surface area contributed by atoms with Crippen LogP contribution in [0.1, 0.15) is 27.5 Å². The summed E-state index contributed by atoms with van der Waals surface area (Å²) in [6, 6.07) is 34.5. The minimum Gasteiger partial charge on any atom is -0.489 e. The zero-order valence-electron chi connectivity index (χ0n) is 18.6. The van der Waals surface area contributed by atoms with E-state index in [9.17, 15) is 4.79 Å². The van der Waals surface area contributed by atoms with Crippen LogP contribution in [0.15, 0.2) is 108 Å². The molecule has 168 valence electrons. The van der Waals surface area contributed by atoms with Crippen LogP contribution in [0.25, 0.3) is 11.1 Å². The molecule has 0 saturated carbocycles. The van der Waals surface area contributed by atoms with Crippen LogP contribution < -0.4 is 10.2 Å². The zero-order valence-corrected chi connectivity index (χ0v) is 19.4. The van der Waals surface area contributed by atoms with Gasteiger partial charge in [-0.25, -0.2) is 5.43 Å². The first-order valence-corrected chi connectivity index (χ1v) is 12.2. The molecule has 4 aromatic carbocycles. The molecule has 5 heteroatoms. The van der Waals surface area contributed by atoms with Crippen LogP contribution in [-0.4, -0.2) is 17.9 Å². The molecular formula is C29H24N2O2S. The van der Waals surface area contributed by atoms with Gasteiger partial charge in [-0.3, -0.25) is 4.79 Å². The largest absolute Gasteiger partial charge is 0.489 e. The van der Waals surface area contributed by atoms with Crippen molar-refractivity contribution in [3.05, 3.63) is 125 Å². The van der Waals surface area contributed by atoms with Crippen LogP contribution in [0.2, 0.25) is 0 Å². The molecule has 4 nitrogen and oxygen atoms in total. The van der Waals surface area contributed by atoms with Crippen LogP contribution in [0, 0.1) is 0 Å². The summed E-state index contributed by atoms with van der Waals surface area (Å²) in [7, 11) is 0. The molecule has 0 aliphatic heterocycles. The van der Waals surface area contributed by atoms with Gasteiger partial charge in [-0.05, 0) is 57.6 Å². The number of carbonyl (C=O) groups excluding carboxylic acids is 1. The van der Waals surface area contributed by atoms with Crippen molar-refractivity contribution in [2.45, 2.75) is 11.9 Å². The third-order valence-corrected chi connectivity index (χ3v) is 6.96. The second-order valence-electron chi connectivity index (χ2n) is 8.00. The minimum absolute atomic E-state index is 0.120. The molecule has 1 aliphatic carbocycles. The maximum Gasteiger partial charge on any atom is 0.250 e. The lowest BCUT2D eigenvalue weighted by Crippen LogP contribution is -2.20. The maximum absolute atomic E-state index is 12.4. The van der Waals surface area contributed by atoms with Crippen molar-refractivity contribution in [3.8, 4) is 16.9 Å². The number of hydrogen-bond acceptors (Lipinski definition) is 4. The summed E-state index contributed by atoms with van der Waals surface area (Å²) in [6.45, 7) is 0.526. The van der Waals surface area contributed by atoms with Gasteiger partial charge in [0.1, 0.15) is 12.4 Å². The summed E-state index contributed by atoms with van der Waals surface area (Å²) < 4.78 is 5.80. The molecule has 0 atom stereocenters. The van der Waals surface area contributed by atoms with Crippen molar-refractivity contribution >= 4 is 23.9 Å². The van der Waals surface area contributed by atoms with Crippen molar-refractivity contribution in [1.82, 2.24) is 5.43 Å². The Bertz CT molecular complexity index is 1260. The van der Waals surface area contributed by atoms with E-state index in [1.807, 2.05) is 54.6 Å². The van der Waals surface area contributed by atoms with Crippen molar-refractivity contribution in [2.75, 3.05) is 5.75 Å². The molecule has 0 spiro atoms. The van der Waals surface area contributed by atoms with Gasteiger partial charge in [-0.2, -0.15) is 5.10 Å². The van der Waals surface area contributed by atoms with Crippen LogP contribution in [0.3, 0.4) is 0 Å². The molecule has 0 bridgehead atoms. The standard InChI is InChI=1S/C29H24N2O2S/c32-28(20-34-29-26-12-6-4-10-24(26)25-11-5-7-13-27(25)29)31-30-18-21-14-16-23(17-15-21)33-19-22-8-2-1-3-9-22/h1-18,29H,19-20H2,(H,31,32)/b30-18-. The summed E-state index contributed by atoms with van der Waals surface area (Å²) in [4.78, 5) is 12.4. The minimum atomic E-state index is -0.120. The van der Waals surface area contributed by atoms with E-state index in [-0.39, 0.29) is 11.2 Å². The fourth-order valence-electron chi connectivity index (χ4n) is 4.05. The quantitative estimate of drug-likeness (QED) is 0.249. The van der Waals surface area contributed by atoms with E-state index in [1.165, 1.54) is 22.3 Å². The topological polar surface area (TPSA) is 50.7 Å². The average Bonchev–Trinajstić information content (AvgIpc) is 3.21. The van der Waals surface area contributed by atoms with Gasteiger partial charge in [-0.15, -0.1) is 11.8 Å². The third kappa shape index (κ3) is 5.05. The molecule has 0 radical (unpaired) electrons. The maximum atomic E-state index is 12.4. The Kier molecular flexibility index (Phi) is 6.73. The van der Waals surface area contributed by atoms with Gasteiger partial charge in [0.25, 0.3) is 0 Å². The predicted molar refractivity (Wildman–Crippen MR) is 139 cm³/mol. The number of amides is 1. The average molecular weight is 465 g/mol. The van der Waals surface area contributed by atoms with E-state index in [1.54, 1.807) is 18.0 Å². The van der Waals surface area contributed by atoms with Gasteiger partial charge in [0, 0.05) is 0 Å². The van der Waals surface area contributed by atoms with E-state index in [2.05, 4.69) is 59.1 Å². The summed E-state index contributed by atoms with van der Waals surface area (Å²) in [6.07, 6.45) is 1.64. The Balaban J connectivity index is 1.12. The number of nitrogens with zero attached hydrogens (tertiary/aromatic N) is 1. The molecule has 0 fully saturated rings. The number of hydrazone groups is 1. The number of rotatable bonds is 8. The number of thioether (sulfide) groups is 1. The first kappa shape index (κ1) is 22.0. The fourth-order valence-corrected chi connectivity index (χ4v) is 5.20. The number of nitrogens with one attached hydrogen (secondary N) is 1. The molecule has 4 aromatic rings. The van der Waals surface area contributed by atoms with E-state index >= 15 is 0 Å². The Morgan fingerprint density at radius 3 is 2.12 bits per heavy atom. The lowest BCUT2D eigenvalue weighted by molar-refractivity contribution is -0.118. The highest BCUT2D eigenvalue weighted by Crippen LogP contribution is 2.49. The normalized spacial score (nSPS) is 12.4. The number of fused-ring (bicyclic) bond motifs is 3. The Hall–Kier alpha value is -3.83. The van der Waals surface area contributed by atoms with Crippen molar-refractivity contribution in [1.29, 1.82) is 0 Å². The summed E-state index contributed by atoms with van der Waals surface area (Å²) in [5, 5.41) is 4.28. The molecule has 1 N–H and O–H groups in total. The molecule has 0 aromatic heterocycles. The van der Waals surface area contributed by atoms with E-state index in [0.717, 1.165) is 16.9 Å². The monoisotopic (exact) mass is 464 g/mol. The molecule has 0 heterocycles. The van der Waals surface area contributed by atoms with E-state index < -0.39 is 0 Å². The molecular weight excluding hydrogens is 440 g/mol. The predicted octanol–water partition coefficient (Wildman–Crippen LogP) is 6.22. The van der Waals surface area contributed by atoms with Gasteiger partial charge in [0.05, 0.1) is 17.2 Å². The van der Waals surface area contributed by atoms with Gasteiger partial charge in [-0.1, -0.05) is 78.9 Å². The molecule has 0 unspecified atom stereocenters. The van der Waals surface area contributed by atoms with Gasteiger partial charge in [0.15, 0.2) is 0 Å². The smallest absolute Gasteiger partial charge is 0.250 e. The number of hydrogen-bond donors (Lipinski definition) is 1. The highest BCUT2D eigenvalue weighted by Gasteiger charge is 2.28. The molecule has 1 amide bonds.